The summed E-state index contributed by atoms with van der Waals surface area (Å²) in [4.78, 5) is 12.0. The molecule has 1 aromatic carbocycles. The minimum Gasteiger partial charge on any atom is -0.468 e. The normalized spacial score (nSPS) is 13.7. The van der Waals surface area contributed by atoms with E-state index in [9.17, 15) is 4.79 Å². The molecule has 2 rings (SSSR count). The molecule has 0 saturated carbocycles. The van der Waals surface area contributed by atoms with E-state index in [0.717, 1.165) is 11.1 Å². The highest BCUT2D eigenvalue weighted by molar-refractivity contribution is 5.80. The highest BCUT2D eigenvalue weighted by Gasteiger charge is 2.34. The number of rotatable bonds is 6. The number of ether oxygens (including phenoxy) is 1. The molecule has 5 heteroatoms. The second-order valence-electron chi connectivity index (χ2n) is 5.15. The topological polar surface area (TPSA) is 56.2 Å². The molecule has 0 aliphatic heterocycles. The van der Waals surface area contributed by atoms with Crippen molar-refractivity contribution in [3.63, 3.8) is 0 Å². The zero-order chi connectivity index (χ0) is 15.3. The number of aromatic nitrogens is 2. The van der Waals surface area contributed by atoms with Crippen LogP contribution in [0.2, 0.25) is 0 Å². The average molecular weight is 287 g/mol. The first-order chi connectivity index (χ1) is 10.1. The maximum Gasteiger partial charge on any atom is 0.327 e. The monoisotopic (exact) mass is 287 g/mol. The van der Waals surface area contributed by atoms with Crippen molar-refractivity contribution in [1.82, 2.24) is 15.1 Å². The van der Waals surface area contributed by atoms with Gasteiger partial charge in [0.05, 0.1) is 19.9 Å². The summed E-state index contributed by atoms with van der Waals surface area (Å²) in [7, 11) is 1.40. The summed E-state index contributed by atoms with van der Waals surface area (Å²) in [6.45, 7) is 4.88. The van der Waals surface area contributed by atoms with Crippen LogP contribution in [0.5, 0.6) is 0 Å². The SMILES string of the molecule is CCNC(C)(Cn1cc(-c2ccccc2)cn1)C(=O)OC. The van der Waals surface area contributed by atoms with Crippen molar-refractivity contribution in [2.24, 2.45) is 0 Å². The molecule has 0 bridgehead atoms. The number of nitrogens with one attached hydrogen (secondary N) is 1. The van der Waals surface area contributed by atoms with E-state index in [1.807, 2.05) is 50.4 Å². The van der Waals surface area contributed by atoms with Crippen molar-refractivity contribution in [1.29, 1.82) is 0 Å². The molecule has 112 valence electrons. The first-order valence-corrected chi connectivity index (χ1v) is 7.00. The molecule has 0 aliphatic carbocycles. The molecule has 21 heavy (non-hydrogen) atoms. The molecular formula is C16H21N3O2. The Labute approximate surface area is 124 Å². The van der Waals surface area contributed by atoms with Gasteiger partial charge < -0.3 is 10.1 Å². The Bertz CT molecular complexity index is 595. The van der Waals surface area contributed by atoms with E-state index in [-0.39, 0.29) is 5.97 Å². The number of likely N-dealkylation sites (N-methyl/N-ethyl adjacent to an activating group) is 1. The van der Waals surface area contributed by atoms with Crippen molar-refractivity contribution in [3.8, 4) is 11.1 Å². The predicted molar refractivity (Wildman–Crippen MR) is 81.8 cm³/mol. The number of carbonyl (C=O) groups is 1. The van der Waals surface area contributed by atoms with E-state index in [0.29, 0.717) is 13.1 Å². The van der Waals surface area contributed by atoms with Crippen LogP contribution in [0, 0.1) is 0 Å². The summed E-state index contributed by atoms with van der Waals surface area (Å²) in [6.07, 6.45) is 3.74. The zero-order valence-corrected chi connectivity index (χ0v) is 12.7. The van der Waals surface area contributed by atoms with Crippen LogP contribution in [0.4, 0.5) is 0 Å². The Hall–Kier alpha value is -2.14. The van der Waals surface area contributed by atoms with E-state index in [1.165, 1.54) is 7.11 Å². The van der Waals surface area contributed by atoms with E-state index in [1.54, 1.807) is 10.9 Å². The van der Waals surface area contributed by atoms with Gasteiger partial charge in [0, 0.05) is 11.8 Å². The lowest BCUT2D eigenvalue weighted by molar-refractivity contribution is -0.148. The van der Waals surface area contributed by atoms with Crippen LogP contribution >= 0.6 is 0 Å². The highest BCUT2D eigenvalue weighted by atomic mass is 16.5. The summed E-state index contributed by atoms with van der Waals surface area (Å²) < 4.78 is 6.65. The van der Waals surface area contributed by atoms with Crippen molar-refractivity contribution in [2.75, 3.05) is 13.7 Å². The Morgan fingerprint density at radius 2 is 2.05 bits per heavy atom. The third kappa shape index (κ3) is 3.49. The smallest absolute Gasteiger partial charge is 0.327 e. The lowest BCUT2D eigenvalue weighted by atomic mass is 10.0. The van der Waals surface area contributed by atoms with Crippen molar-refractivity contribution < 1.29 is 9.53 Å². The minimum atomic E-state index is -0.788. The first-order valence-electron chi connectivity index (χ1n) is 7.00. The van der Waals surface area contributed by atoms with Gasteiger partial charge in [-0.05, 0) is 19.0 Å². The van der Waals surface area contributed by atoms with E-state index in [4.69, 9.17) is 4.74 Å². The zero-order valence-electron chi connectivity index (χ0n) is 12.7. The third-order valence-corrected chi connectivity index (χ3v) is 3.42. The molecule has 5 nitrogen and oxygen atoms in total. The van der Waals surface area contributed by atoms with Crippen LogP contribution in [0.3, 0.4) is 0 Å². The second-order valence-corrected chi connectivity index (χ2v) is 5.15. The number of hydrogen-bond acceptors (Lipinski definition) is 4. The Balaban J connectivity index is 2.19. The summed E-state index contributed by atoms with van der Waals surface area (Å²) in [5.41, 5.74) is 1.34. The Morgan fingerprint density at radius 3 is 2.67 bits per heavy atom. The molecule has 0 saturated heterocycles. The van der Waals surface area contributed by atoms with E-state index < -0.39 is 5.54 Å². The van der Waals surface area contributed by atoms with E-state index >= 15 is 0 Å². The molecule has 0 spiro atoms. The fourth-order valence-electron chi connectivity index (χ4n) is 2.36. The fraction of sp³-hybridized carbons (Fsp3) is 0.375. The number of benzene rings is 1. The van der Waals surface area contributed by atoms with Gasteiger partial charge in [0.25, 0.3) is 0 Å². The van der Waals surface area contributed by atoms with Crippen LogP contribution < -0.4 is 5.32 Å². The molecule has 1 aromatic heterocycles. The average Bonchev–Trinajstić information content (AvgIpc) is 2.95. The van der Waals surface area contributed by atoms with Gasteiger partial charge >= 0.3 is 5.97 Å². The van der Waals surface area contributed by atoms with E-state index in [2.05, 4.69) is 10.4 Å². The molecule has 0 aliphatic rings. The van der Waals surface area contributed by atoms with Gasteiger partial charge in [-0.2, -0.15) is 5.10 Å². The molecule has 0 amide bonds. The number of methoxy groups -OCH3 is 1. The van der Waals surface area contributed by atoms with Gasteiger partial charge in [0.2, 0.25) is 0 Å². The van der Waals surface area contributed by atoms with Gasteiger partial charge in [0.15, 0.2) is 0 Å². The third-order valence-electron chi connectivity index (χ3n) is 3.42. The van der Waals surface area contributed by atoms with Gasteiger partial charge in [-0.3, -0.25) is 4.68 Å². The van der Waals surface area contributed by atoms with Crippen molar-refractivity contribution in [2.45, 2.75) is 25.9 Å². The molecule has 0 radical (unpaired) electrons. The highest BCUT2D eigenvalue weighted by Crippen LogP contribution is 2.19. The molecule has 1 heterocycles. The van der Waals surface area contributed by atoms with Gasteiger partial charge in [0.1, 0.15) is 5.54 Å². The molecule has 2 aromatic rings. The predicted octanol–water partition coefficient (Wildman–Crippen LogP) is 2.09. The van der Waals surface area contributed by atoms with Crippen molar-refractivity contribution >= 4 is 5.97 Å². The number of esters is 1. The lowest BCUT2D eigenvalue weighted by Crippen LogP contribution is -2.53. The van der Waals surface area contributed by atoms with Crippen LogP contribution in [0.1, 0.15) is 13.8 Å². The maximum atomic E-state index is 12.0. The van der Waals surface area contributed by atoms with Crippen LogP contribution in [-0.4, -0.2) is 34.9 Å². The van der Waals surface area contributed by atoms with Crippen LogP contribution in [0.15, 0.2) is 42.7 Å². The molecular weight excluding hydrogens is 266 g/mol. The minimum absolute atomic E-state index is 0.291. The largest absolute Gasteiger partial charge is 0.468 e. The van der Waals surface area contributed by atoms with Crippen LogP contribution in [-0.2, 0) is 16.1 Å². The number of nitrogens with zero attached hydrogens (tertiary/aromatic N) is 2. The summed E-state index contributed by atoms with van der Waals surface area (Å²) >= 11 is 0. The summed E-state index contributed by atoms with van der Waals surface area (Å²) in [5, 5.41) is 7.52. The van der Waals surface area contributed by atoms with Crippen LogP contribution in [0.25, 0.3) is 11.1 Å². The molecule has 1 N–H and O–H groups in total. The van der Waals surface area contributed by atoms with Gasteiger partial charge in [-0.15, -0.1) is 0 Å². The van der Waals surface area contributed by atoms with Gasteiger partial charge in [-0.1, -0.05) is 37.3 Å². The standard InChI is InChI=1S/C16H21N3O2/c1-4-17-16(2,15(20)21-3)12-19-11-14(10-18-19)13-8-6-5-7-9-13/h5-11,17H,4,12H2,1-3H3. The Kier molecular flexibility index (Phi) is 4.75. The van der Waals surface area contributed by atoms with Crippen molar-refractivity contribution in [3.05, 3.63) is 42.7 Å². The number of carbonyl (C=O) groups excluding carboxylic acids is 1. The molecule has 1 atom stereocenters. The fourth-order valence-corrected chi connectivity index (χ4v) is 2.36. The second kappa shape index (κ2) is 6.54. The molecule has 1 unspecified atom stereocenters. The summed E-state index contributed by atoms with van der Waals surface area (Å²) in [6, 6.07) is 10.0. The molecule has 0 fully saturated rings. The first kappa shape index (κ1) is 15.3. The number of hydrogen-bond donors (Lipinski definition) is 1. The quantitative estimate of drug-likeness (QED) is 0.827. The lowest BCUT2D eigenvalue weighted by Gasteiger charge is -2.27. The Morgan fingerprint density at radius 1 is 1.33 bits per heavy atom. The maximum absolute atomic E-state index is 12.0. The van der Waals surface area contributed by atoms with Gasteiger partial charge in [-0.25, -0.2) is 4.79 Å². The summed E-state index contributed by atoms with van der Waals surface area (Å²) in [5.74, 6) is -0.291.